The van der Waals surface area contributed by atoms with Crippen LogP contribution in [-0.2, 0) is 9.84 Å². The maximum absolute atomic E-state index is 11.6. The van der Waals surface area contributed by atoms with Crippen molar-refractivity contribution in [2.75, 3.05) is 31.1 Å². The minimum Gasteiger partial charge on any atom is -0.326 e. The SMILES string of the molecule is CCCS(=O)(=O)CCN1CCC(C)C(N)C1. The second kappa shape index (κ2) is 5.98. The van der Waals surface area contributed by atoms with Gasteiger partial charge < -0.3 is 10.6 Å². The Bertz CT molecular complexity index is 303. The molecule has 0 aromatic heterocycles. The minimum absolute atomic E-state index is 0.197. The van der Waals surface area contributed by atoms with Crippen LogP contribution in [0.25, 0.3) is 0 Å². The van der Waals surface area contributed by atoms with Gasteiger partial charge in [0.15, 0.2) is 9.84 Å². The van der Waals surface area contributed by atoms with Gasteiger partial charge in [0.1, 0.15) is 0 Å². The van der Waals surface area contributed by atoms with E-state index in [9.17, 15) is 8.42 Å². The van der Waals surface area contributed by atoms with Gasteiger partial charge in [-0.1, -0.05) is 13.8 Å². The van der Waals surface area contributed by atoms with Crippen LogP contribution in [0.2, 0.25) is 0 Å². The Kier molecular flexibility index (Phi) is 5.21. The molecule has 0 saturated carbocycles. The second-order valence-corrected chi connectivity index (χ2v) is 7.19. The maximum Gasteiger partial charge on any atom is 0.151 e. The zero-order valence-corrected chi connectivity index (χ0v) is 11.2. The van der Waals surface area contributed by atoms with Crippen LogP contribution >= 0.6 is 0 Å². The van der Waals surface area contributed by atoms with Crippen molar-refractivity contribution in [1.29, 1.82) is 0 Å². The predicted molar refractivity (Wildman–Crippen MR) is 67.1 cm³/mol. The summed E-state index contributed by atoms with van der Waals surface area (Å²) in [5, 5.41) is 0. The summed E-state index contributed by atoms with van der Waals surface area (Å²) < 4.78 is 23.1. The van der Waals surface area contributed by atoms with Crippen molar-refractivity contribution in [3.8, 4) is 0 Å². The van der Waals surface area contributed by atoms with E-state index in [4.69, 9.17) is 5.73 Å². The van der Waals surface area contributed by atoms with E-state index in [1.165, 1.54) is 0 Å². The van der Waals surface area contributed by atoms with E-state index in [0.717, 1.165) is 19.5 Å². The van der Waals surface area contributed by atoms with Gasteiger partial charge in [0.05, 0.1) is 5.75 Å². The Morgan fingerprint density at radius 1 is 1.38 bits per heavy atom. The summed E-state index contributed by atoms with van der Waals surface area (Å²) in [7, 11) is -2.84. The first-order valence-corrected chi connectivity index (χ1v) is 7.95. The molecule has 0 amide bonds. The van der Waals surface area contributed by atoms with E-state index in [1.807, 2.05) is 6.92 Å². The summed E-state index contributed by atoms with van der Waals surface area (Å²) in [6.07, 6.45) is 1.79. The van der Waals surface area contributed by atoms with Crippen molar-refractivity contribution < 1.29 is 8.42 Å². The Labute approximate surface area is 99.1 Å². The summed E-state index contributed by atoms with van der Waals surface area (Å²) in [5.74, 6) is 1.15. The first-order chi connectivity index (χ1) is 7.44. The van der Waals surface area contributed by atoms with Crippen LogP contribution in [0, 0.1) is 5.92 Å². The fourth-order valence-corrected chi connectivity index (χ4v) is 3.42. The number of hydrogen-bond acceptors (Lipinski definition) is 4. The molecule has 2 unspecified atom stereocenters. The van der Waals surface area contributed by atoms with Crippen LogP contribution in [0.15, 0.2) is 0 Å². The van der Waals surface area contributed by atoms with Crippen LogP contribution in [0.3, 0.4) is 0 Å². The largest absolute Gasteiger partial charge is 0.326 e. The zero-order valence-electron chi connectivity index (χ0n) is 10.4. The lowest BCUT2D eigenvalue weighted by Crippen LogP contribution is -2.48. The maximum atomic E-state index is 11.6. The van der Waals surface area contributed by atoms with Gasteiger partial charge in [0.25, 0.3) is 0 Å². The smallest absolute Gasteiger partial charge is 0.151 e. The van der Waals surface area contributed by atoms with E-state index >= 15 is 0 Å². The average Bonchev–Trinajstić information content (AvgIpc) is 2.20. The topological polar surface area (TPSA) is 63.4 Å². The van der Waals surface area contributed by atoms with Crippen molar-refractivity contribution in [3.05, 3.63) is 0 Å². The molecule has 5 heteroatoms. The van der Waals surface area contributed by atoms with Gasteiger partial charge in [0.2, 0.25) is 0 Å². The molecule has 1 aliphatic rings. The molecule has 1 fully saturated rings. The molecule has 1 aliphatic heterocycles. The molecule has 0 spiro atoms. The van der Waals surface area contributed by atoms with Crippen molar-refractivity contribution in [2.24, 2.45) is 11.7 Å². The van der Waals surface area contributed by atoms with Gasteiger partial charge in [0, 0.05) is 24.9 Å². The Morgan fingerprint density at radius 3 is 2.62 bits per heavy atom. The third kappa shape index (κ3) is 4.39. The summed E-state index contributed by atoms with van der Waals surface area (Å²) >= 11 is 0. The second-order valence-electron chi connectivity index (χ2n) is 4.88. The van der Waals surface area contributed by atoms with E-state index in [1.54, 1.807) is 0 Å². The third-order valence-corrected chi connectivity index (χ3v) is 5.17. The summed E-state index contributed by atoms with van der Waals surface area (Å²) in [6, 6.07) is 0.197. The Balaban J connectivity index is 2.34. The number of sulfone groups is 1. The number of nitrogens with zero attached hydrogens (tertiary/aromatic N) is 1. The summed E-state index contributed by atoms with van der Waals surface area (Å²) in [5.41, 5.74) is 5.98. The van der Waals surface area contributed by atoms with E-state index in [-0.39, 0.29) is 11.8 Å². The summed E-state index contributed by atoms with van der Waals surface area (Å²) in [4.78, 5) is 2.18. The van der Waals surface area contributed by atoms with Gasteiger partial charge in [-0.25, -0.2) is 8.42 Å². The molecule has 16 heavy (non-hydrogen) atoms. The molecular formula is C11H24N2O2S. The molecule has 1 saturated heterocycles. The number of nitrogens with two attached hydrogens (primary N) is 1. The predicted octanol–water partition coefficient (Wildman–Crippen LogP) is 0.480. The number of rotatable bonds is 5. The molecule has 2 N–H and O–H groups in total. The highest BCUT2D eigenvalue weighted by molar-refractivity contribution is 7.91. The first-order valence-electron chi connectivity index (χ1n) is 6.13. The van der Waals surface area contributed by atoms with Crippen molar-refractivity contribution in [3.63, 3.8) is 0 Å². The van der Waals surface area contributed by atoms with Crippen molar-refractivity contribution in [1.82, 2.24) is 4.90 Å². The molecular weight excluding hydrogens is 224 g/mol. The van der Waals surface area contributed by atoms with Crippen LogP contribution in [0.4, 0.5) is 0 Å². The van der Waals surface area contributed by atoms with Crippen molar-refractivity contribution >= 4 is 9.84 Å². The number of likely N-dealkylation sites (tertiary alicyclic amines) is 1. The Hall–Kier alpha value is -0.130. The molecule has 2 atom stereocenters. The van der Waals surface area contributed by atoms with Crippen LogP contribution in [0.1, 0.15) is 26.7 Å². The molecule has 4 nitrogen and oxygen atoms in total. The standard InChI is InChI=1S/C11H24N2O2S/c1-3-7-16(14,15)8-6-13-5-4-10(2)11(12)9-13/h10-11H,3-9,12H2,1-2H3. The molecule has 0 aliphatic carbocycles. The van der Waals surface area contributed by atoms with E-state index in [2.05, 4.69) is 11.8 Å². The molecule has 0 aromatic rings. The summed E-state index contributed by atoms with van der Waals surface area (Å²) in [6.45, 7) is 6.52. The molecule has 1 rings (SSSR count). The van der Waals surface area contributed by atoms with Gasteiger partial charge in [-0.15, -0.1) is 0 Å². The van der Waals surface area contributed by atoms with Gasteiger partial charge in [-0.05, 0) is 25.3 Å². The van der Waals surface area contributed by atoms with Crippen LogP contribution in [-0.4, -0.2) is 50.5 Å². The first kappa shape index (κ1) is 13.9. The number of hydrogen-bond donors (Lipinski definition) is 1. The molecule has 0 aromatic carbocycles. The van der Waals surface area contributed by atoms with E-state index in [0.29, 0.717) is 24.6 Å². The molecule has 1 heterocycles. The molecule has 0 radical (unpaired) electrons. The monoisotopic (exact) mass is 248 g/mol. The lowest BCUT2D eigenvalue weighted by molar-refractivity contribution is 0.177. The van der Waals surface area contributed by atoms with Crippen LogP contribution in [0.5, 0.6) is 0 Å². The zero-order chi connectivity index (χ0) is 12.2. The van der Waals surface area contributed by atoms with Gasteiger partial charge in [-0.2, -0.15) is 0 Å². The fraction of sp³-hybridized carbons (Fsp3) is 1.00. The molecule has 96 valence electrons. The highest BCUT2D eigenvalue weighted by atomic mass is 32.2. The fourth-order valence-electron chi connectivity index (χ4n) is 2.05. The van der Waals surface area contributed by atoms with E-state index < -0.39 is 9.84 Å². The Morgan fingerprint density at radius 2 is 2.06 bits per heavy atom. The molecule has 0 bridgehead atoms. The normalized spacial score (nSPS) is 28.2. The third-order valence-electron chi connectivity index (χ3n) is 3.33. The lowest BCUT2D eigenvalue weighted by Gasteiger charge is -2.34. The number of piperidine rings is 1. The minimum atomic E-state index is -2.84. The van der Waals surface area contributed by atoms with Crippen LogP contribution < -0.4 is 5.73 Å². The highest BCUT2D eigenvalue weighted by Gasteiger charge is 2.23. The average molecular weight is 248 g/mol. The lowest BCUT2D eigenvalue weighted by atomic mass is 9.94. The van der Waals surface area contributed by atoms with Crippen molar-refractivity contribution in [2.45, 2.75) is 32.7 Å². The highest BCUT2D eigenvalue weighted by Crippen LogP contribution is 2.15. The van der Waals surface area contributed by atoms with Gasteiger partial charge >= 0.3 is 0 Å². The quantitative estimate of drug-likeness (QED) is 0.768. The van der Waals surface area contributed by atoms with Gasteiger partial charge in [-0.3, -0.25) is 0 Å².